The van der Waals surface area contributed by atoms with Gasteiger partial charge in [-0.2, -0.15) is 0 Å². The minimum absolute atomic E-state index is 0.0489. The Morgan fingerprint density at radius 2 is 1.89 bits per heavy atom. The summed E-state index contributed by atoms with van der Waals surface area (Å²) >= 11 is 5.88. The summed E-state index contributed by atoms with van der Waals surface area (Å²) in [6, 6.07) is 11.5. The summed E-state index contributed by atoms with van der Waals surface area (Å²) < 4.78 is 51.0. The molecule has 150 valence electrons. The van der Waals surface area contributed by atoms with E-state index in [1.165, 1.54) is 42.3 Å². The second kappa shape index (κ2) is 7.73. The summed E-state index contributed by atoms with van der Waals surface area (Å²) in [7, 11) is -5.53. The smallest absolute Gasteiger partial charge is 0.261 e. The quantitative estimate of drug-likeness (QED) is 0.766. The van der Waals surface area contributed by atoms with Crippen molar-refractivity contribution in [3.05, 3.63) is 59.1 Å². The number of rotatable bonds is 5. The first-order valence-corrected chi connectivity index (χ1v) is 12.1. The van der Waals surface area contributed by atoms with Gasteiger partial charge in [0.2, 0.25) is 0 Å². The molecule has 1 aliphatic heterocycles. The van der Waals surface area contributed by atoms with Gasteiger partial charge in [0, 0.05) is 23.7 Å². The molecule has 3 rings (SSSR count). The molecule has 2 aromatic rings. The van der Waals surface area contributed by atoms with Gasteiger partial charge in [0.15, 0.2) is 9.84 Å². The lowest BCUT2D eigenvalue weighted by Crippen LogP contribution is -2.37. The van der Waals surface area contributed by atoms with Gasteiger partial charge in [-0.05, 0) is 42.8 Å². The van der Waals surface area contributed by atoms with Gasteiger partial charge >= 0.3 is 0 Å². The summed E-state index contributed by atoms with van der Waals surface area (Å²) in [4.78, 5) is 14.0. The SMILES string of the molecule is CN(C(=O)c1cccc(S(=O)(=O)Nc2cccc(Cl)c2)c1)C1CCS(=O)(=O)C1. The van der Waals surface area contributed by atoms with Crippen molar-refractivity contribution in [3.63, 3.8) is 0 Å². The molecule has 28 heavy (non-hydrogen) atoms. The third-order valence-electron chi connectivity index (χ3n) is 4.54. The average molecular weight is 443 g/mol. The highest BCUT2D eigenvalue weighted by Gasteiger charge is 2.33. The maximum atomic E-state index is 12.7. The molecule has 0 bridgehead atoms. The van der Waals surface area contributed by atoms with Gasteiger partial charge in [0.25, 0.3) is 15.9 Å². The molecule has 2 aromatic carbocycles. The van der Waals surface area contributed by atoms with Crippen LogP contribution in [-0.4, -0.2) is 52.2 Å². The zero-order valence-electron chi connectivity index (χ0n) is 15.0. The third-order valence-corrected chi connectivity index (χ3v) is 7.91. The van der Waals surface area contributed by atoms with Crippen molar-refractivity contribution in [2.75, 3.05) is 23.3 Å². The third kappa shape index (κ3) is 4.65. The van der Waals surface area contributed by atoms with Crippen molar-refractivity contribution in [1.82, 2.24) is 4.90 Å². The first-order valence-electron chi connectivity index (χ1n) is 8.43. The molecule has 1 atom stereocenters. The van der Waals surface area contributed by atoms with Crippen molar-refractivity contribution in [1.29, 1.82) is 0 Å². The van der Waals surface area contributed by atoms with Crippen LogP contribution in [0.2, 0.25) is 5.02 Å². The number of halogens is 1. The second-order valence-corrected chi connectivity index (χ2v) is 11.0. The molecular formula is C18H19ClN2O5S2. The van der Waals surface area contributed by atoms with Gasteiger partial charge in [0.05, 0.1) is 22.1 Å². The Morgan fingerprint density at radius 1 is 1.18 bits per heavy atom. The van der Waals surface area contributed by atoms with Gasteiger partial charge in [-0.3, -0.25) is 9.52 Å². The number of hydrogen-bond acceptors (Lipinski definition) is 5. The van der Waals surface area contributed by atoms with Gasteiger partial charge in [0.1, 0.15) is 0 Å². The van der Waals surface area contributed by atoms with Gasteiger partial charge in [-0.15, -0.1) is 0 Å². The van der Waals surface area contributed by atoms with Crippen molar-refractivity contribution in [2.45, 2.75) is 17.4 Å². The van der Waals surface area contributed by atoms with Crippen LogP contribution in [0.1, 0.15) is 16.8 Å². The van der Waals surface area contributed by atoms with Crippen LogP contribution >= 0.6 is 11.6 Å². The van der Waals surface area contributed by atoms with E-state index in [2.05, 4.69) is 4.72 Å². The molecule has 1 amide bonds. The Morgan fingerprint density at radius 3 is 2.54 bits per heavy atom. The lowest BCUT2D eigenvalue weighted by molar-refractivity contribution is 0.0747. The van der Waals surface area contributed by atoms with Crippen molar-refractivity contribution >= 4 is 43.1 Å². The van der Waals surface area contributed by atoms with E-state index < -0.39 is 31.8 Å². The molecule has 0 spiro atoms. The monoisotopic (exact) mass is 442 g/mol. The number of anilines is 1. The van der Waals surface area contributed by atoms with Crippen LogP contribution in [-0.2, 0) is 19.9 Å². The van der Waals surface area contributed by atoms with E-state index >= 15 is 0 Å². The highest BCUT2D eigenvalue weighted by molar-refractivity contribution is 7.92. The normalized spacial score (nSPS) is 18.6. The predicted octanol–water partition coefficient (Wildman–Crippen LogP) is 2.40. The first kappa shape index (κ1) is 20.6. The summed E-state index contributed by atoms with van der Waals surface area (Å²) in [5.74, 6) is -0.460. The molecule has 0 radical (unpaired) electrons. The van der Waals surface area contributed by atoms with Crippen LogP contribution in [0.4, 0.5) is 5.69 Å². The fourth-order valence-corrected chi connectivity index (χ4v) is 6.07. The minimum Gasteiger partial charge on any atom is -0.338 e. The van der Waals surface area contributed by atoms with Crippen molar-refractivity contribution in [3.8, 4) is 0 Å². The molecule has 1 unspecified atom stereocenters. The summed E-state index contributed by atoms with van der Waals surface area (Å²) in [6.07, 6.45) is 0.374. The van der Waals surface area contributed by atoms with E-state index in [1.54, 1.807) is 18.2 Å². The van der Waals surface area contributed by atoms with Gasteiger partial charge < -0.3 is 4.90 Å². The van der Waals surface area contributed by atoms with Crippen molar-refractivity contribution in [2.24, 2.45) is 0 Å². The number of nitrogens with one attached hydrogen (secondary N) is 1. The van der Waals surface area contributed by atoms with Gasteiger partial charge in [-0.1, -0.05) is 23.7 Å². The van der Waals surface area contributed by atoms with Gasteiger partial charge in [-0.25, -0.2) is 16.8 Å². The lowest BCUT2D eigenvalue weighted by Gasteiger charge is -2.23. The number of amides is 1. The fourth-order valence-electron chi connectivity index (χ4n) is 3.01. The molecule has 1 N–H and O–H groups in total. The Labute approximate surface area is 169 Å². The van der Waals surface area contributed by atoms with E-state index in [-0.39, 0.29) is 22.0 Å². The summed E-state index contributed by atoms with van der Waals surface area (Å²) in [6.45, 7) is 0. The Bertz CT molecular complexity index is 1120. The van der Waals surface area contributed by atoms with Crippen LogP contribution in [0.15, 0.2) is 53.4 Å². The molecule has 1 aliphatic rings. The summed E-state index contributed by atoms with van der Waals surface area (Å²) in [5.41, 5.74) is 0.471. The number of benzene rings is 2. The number of carbonyl (C=O) groups excluding carboxylic acids is 1. The molecule has 0 saturated carbocycles. The molecule has 1 heterocycles. The average Bonchev–Trinajstić information content (AvgIpc) is 3.00. The Kier molecular flexibility index (Phi) is 5.69. The number of hydrogen-bond donors (Lipinski definition) is 1. The molecule has 1 fully saturated rings. The van der Waals surface area contributed by atoms with Crippen LogP contribution in [0.3, 0.4) is 0 Å². The fraction of sp³-hybridized carbons (Fsp3) is 0.278. The topological polar surface area (TPSA) is 101 Å². The number of sulfonamides is 1. The highest BCUT2D eigenvalue weighted by atomic mass is 35.5. The standard InChI is InChI=1S/C18H19ClN2O5S2/c1-21(16-8-9-27(23,24)12-16)18(22)13-4-2-7-17(10-13)28(25,26)20-15-6-3-5-14(19)11-15/h2-7,10-11,16,20H,8-9,12H2,1H3. The zero-order valence-corrected chi connectivity index (χ0v) is 17.4. The molecule has 7 nitrogen and oxygen atoms in total. The molecule has 10 heteroatoms. The van der Waals surface area contributed by atoms with E-state index in [1.807, 2.05) is 0 Å². The lowest BCUT2D eigenvalue weighted by atomic mass is 10.1. The first-order chi connectivity index (χ1) is 13.1. The second-order valence-electron chi connectivity index (χ2n) is 6.62. The van der Waals surface area contributed by atoms with Crippen LogP contribution in [0.25, 0.3) is 0 Å². The largest absolute Gasteiger partial charge is 0.338 e. The van der Waals surface area contributed by atoms with Crippen molar-refractivity contribution < 1.29 is 21.6 Å². The molecule has 1 saturated heterocycles. The zero-order chi connectivity index (χ0) is 20.5. The Balaban J connectivity index is 1.82. The van der Waals surface area contributed by atoms with Crippen LogP contribution in [0, 0.1) is 0 Å². The van der Waals surface area contributed by atoms with Crippen LogP contribution in [0.5, 0.6) is 0 Å². The van der Waals surface area contributed by atoms with E-state index in [0.29, 0.717) is 17.1 Å². The predicted molar refractivity (Wildman–Crippen MR) is 108 cm³/mol. The van der Waals surface area contributed by atoms with E-state index in [0.717, 1.165) is 0 Å². The highest BCUT2D eigenvalue weighted by Crippen LogP contribution is 2.22. The molecular weight excluding hydrogens is 424 g/mol. The maximum Gasteiger partial charge on any atom is 0.261 e. The van der Waals surface area contributed by atoms with E-state index in [4.69, 9.17) is 11.6 Å². The minimum atomic E-state index is -3.92. The Hall–Kier alpha value is -2.10. The number of sulfone groups is 1. The molecule has 0 aromatic heterocycles. The molecule has 0 aliphatic carbocycles. The number of carbonyl (C=O) groups is 1. The summed E-state index contributed by atoms with van der Waals surface area (Å²) in [5, 5.41) is 0.386. The maximum absolute atomic E-state index is 12.7. The number of nitrogens with zero attached hydrogens (tertiary/aromatic N) is 1. The van der Waals surface area contributed by atoms with Crippen LogP contribution < -0.4 is 4.72 Å². The van der Waals surface area contributed by atoms with E-state index in [9.17, 15) is 21.6 Å².